The molecule has 0 saturated carbocycles. The van der Waals surface area contributed by atoms with Crippen LogP contribution in [-0.4, -0.2) is 76.3 Å². The number of methoxy groups -OCH3 is 1. The molecule has 0 amide bonds. The topological polar surface area (TPSA) is 52.1 Å². The number of ether oxygens (including phenoxy) is 1. The zero-order valence-corrected chi connectivity index (χ0v) is 20.7. The fraction of sp³-hybridized carbons (Fsp3) is 0.667. The van der Waals surface area contributed by atoms with E-state index in [0.717, 1.165) is 64.8 Å². The van der Waals surface area contributed by atoms with Gasteiger partial charge in [-0.3, -0.25) is 9.89 Å². The molecule has 0 fully saturated rings. The minimum absolute atomic E-state index is 0. The number of hydrogen-bond acceptors (Lipinski definition) is 4. The van der Waals surface area contributed by atoms with Crippen molar-refractivity contribution >= 4 is 29.9 Å². The van der Waals surface area contributed by atoms with Gasteiger partial charge in [-0.2, -0.15) is 0 Å². The van der Waals surface area contributed by atoms with E-state index in [1.807, 2.05) is 7.05 Å². The van der Waals surface area contributed by atoms with Crippen molar-refractivity contribution in [3.05, 3.63) is 35.4 Å². The molecule has 0 aromatic heterocycles. The van der Waals surface area contributed by atoms with Gasteiger partial charge in [-0.25, -0.2) is 0 Å². The van der Waals surface area contributed by atoms with Gasteiger partial charge in [-0.15, -0.1) is 24.0 Å². The van der Waals surface area contributed by atoms with Crippen molar-refractivity contribution in [2.45, 2.75) is 33.4 Å². The molecule has 0 saturated heterocycles. The molecule has 0 radical (unpaired) electrons. The number of guanidine groups is 1. The van der Waals surface area contributed by atoms with E-state index in [2.05, 4.69) is 70.6 Å². The molecule has 162 valence electrons. The quantitative estimate of drug-likeness (QED) is 0.187. The lowest BCUT2D eigenvalue weighted by atomic mass is 10.1. The molecule has 0 unspecified atom stereocenters. The Bertz CT molecular complexity index is 537. The second-order valence-corrected chi connectivity index (χ2v) is 6.73. The largest absolute Gasteiger partial charge is 0.385 e. The van der Waals surface area contributed by atoms with Crippen LogP contribution in [0.3, 0.4) is 0 Å². The minimum atomic E-state index is 0. The summed E-state index contributed by atoms with van der Waals surface area (Å²) in [6.07, 6.45) is 1.06. The number of rotatable bonds is 13. The number of hydrogen-bond donors (Lipinski definition) is 2. The van der Waals surface area contributed by atoms with Crippen molar-refractivity contribution < 1.29 is 4.74 Å². The van der Waals surface area contributed by atoms with Crippen LogP contribution in [0.25, 0.3) is 0 Å². The maximum atomic E-state index is 5.10. The number of benzene rings is 1. The van der Waals surface area contributed by atoms with Crippen LogP contribution in [0, 0.1) is 0 Å². The van der Waals surface area contributed by atoms with Gasteiger partial charge in [-0.1, -0.05) is 38.1 Å². The summed E-state index contributed by atoms with van der Waals surface area (Å²) < 4.78 is 5.10. The smallest absolute Gasteiger partial charge is 0.191 e. The van der Waals surface area contributed by atoms with Gasteiger partial charge in [0.05, 0.1) is 0 Å². The number of aliphatic imine (C=N–C) groups is 1. The van der Waals surface area contributed by atoms with E-state index in [4.69, 9.17) is 4.74 Å². The van der Waals surface area contributed by atoms with Crippen molar-refractivity contribution in [3.8, 4) is 0 Å². The molecule has 6 nitrogen and oxygen atoms in total. The molecular formula is C21H40IN5O. The van der Waals surface area contributed by atoms with Gasteiger partial charge in [0, 0.05) is 53.5 Å². The molecule has 1 aromatic rings. The van der Waals surface area contributed by atoms with E-state index in [1.54, 1.807) is 7.11 Å². The Labute approximate surface area is 189 Å². The Morgan fingerprint density at radius 3 is 2.36 bits per heavy atom. The summed E-state index contributed by atoms with van der Waals surface area (Å²) in [5.41, 5.74) is 2.70. The highest BCUT2D eigenvalue weighted by molar-refractivity contribution is 14.0. The Balaban J connectivity index is 0.00000729. The zero-order valence-electron chi connectivity index (χ0n) is 18.3. The van der Waals surface area contributed by atoms with Gasteiger partial charge in [0.2, 0.25) is 0 Å². The summed E-state index contributed by atoms with van der Waals surface area (Å²) in [5, 5.41) is 6.84. The molecule has 28 heavy (non-hydrogen) atoms. The molecule has 0 bridgehead atoms. The third kappa shape index (κ3) is 11.2. The van der Waals surface area contributed by atoms with Gasteiger partial charge in [0.15, 0.2) is 5.96 Å². The number of likely N-dealkylation sites (N-methyl/N-ethyl adjacent to an activating group) is 1. The van der Waals surface area contributed by atoms with Gasteiger partial charge in [0.1, 0.15) is 0 Å². The van der Waals surface area contributed by atoms with Crippen LogP contribution in [-0.2, 0) is 17.8 Å². The van der Waals surface area contributed by atoms with Crippen molar-refractivity contribution in [1.29, 1.82) is 0 Å². The maximum Gasteiger partial charge on any atom is 0.191 e. The van der Waals surface area contributed by atoms with E-state index in [-0.39, 0.29) is 24.0 Å². The van der Waals surface area contributed by atoms with Crippen LogP contribution in [0.5, 0.6) is 0 Å². The molecule has 7 heteroatoms. The summed E-state index contributed by atoms with van der Waals surface area (Å²) in [6, 6.07) is 8.64. The Hall–Kier alpha value is -0.900. The van der Waals surface area contributed by atoms with Gasteiger partial charge in [0.25, 0.3) is 0 Å². The Kier molecular flexibility index (Phi) is 16.5. The molecule has 0 heterocycles. The highest BCUT2D eigenvalue weighted by Gasteiger charge is 2.07. The molecule has 0 spiro atoms. The Morgan fingerprint density at radius 1 is 1.07 bits per heavy atom. The Morgan fingerprint density at radius 2 is 1.75 bits per heavy atom. The summed E-state index contributed by atoms with van der Waals surface area (Å²) in [4.78, 5) is 9.08. The van der Waals surface area contributed by atoms with E-state index < -0.39 is 0 Å². The first-order chi connectivity index (χ1) is 13.1. The van der Waals surface area contributed by atoms with Crippen LogP contribution >= 0.6 is 24.0 Å². The highest BCUT2D eigenvalue weighted by atomic mass is 127. The van der Waals surface area contributed by atoms with Gasteiger partial charge < -0.3 is 20.3 Å². The number of halogens is 1. The zero-order chi connectivity index (χ0) is 19.9. The lowest BCUT2D eigenvalue weighted by Gasteiger charge is -2.21. The summed E-state index contributed by atoms with van der Waals surface area (Å²) in [5.74, 6) is 0.845. The fourth-order valence-corrected chi connectivity index (χ4v) is 2.93. The van der Waals surface area contributed by atoms with Crippen LogP contribution in [0.1, 0.15) is 31.4 Å². The third-order valence-electron chi connectivity index (χ3n) is 4.75. The normalized spacial score (nSPS) is 11.6. The molecule has 0 atom stereocenters. The van der Waals surface area contributed by atoms with Crippen LogP contribution in [0.2, 0.25) is 0 Å². The van der Waals surface area contributed by atoms with Crippen LogP contribution < -0.4 is 10.6 Å². The fourth-order valence-electron chi connectivity index (χ4n) is 2.93. The third-order valence-corrected chi connectivity index (χ3v) is 4.75. The first kappa shape index (κ1) is 27.1. The predicted octanol–water partition coefficient (Wildman–Crippen LogP) is 2.78. The van der Waals surface area contributed by atoms with Gasteiger partial charge >= 0.3 is 0 Å². The minimum Gasteiger partial charge on any atom is -0.385 e. The monoisotopic (exact) mass is 505 g/mol. The number of nitrogens with one attached hydrogen (secondary N) is 2. The average molecular weight is 505 g/mol. The van der Waals surface area contributed by atoms with E-state index in [1.165, 1.54) is 11.1 Å². The first-order valence-electron chi connectivity index (χ1n) is 10.1. The maximum absolute atomic E-state index is 5.10. The number of nitrogens with zero attached hydrogens (tertiary/aromatic N) is 3. The van der Waals surface area contributed by atoms with Gasteiger partial charge in [-0.05, 0) is 37.7 Å². The van der Waals surface area contributed by atoms with Crippen LogP contribution in [0.15, 0.2) is 29.3 Å². The van der Waals surface area contributed by atoms with Crippen molar-refractivity contribution in [2.75, 3.05) is 60.5 Å². The lowest BCUT2D eigenvalue weighted by molar-refractivity contribution is 0.180. The van der Waals surface area contributed by atoms with Crippen molar-refractivity contribution in [2.24, 2.45) is 4.99 Å². The standard InChI is InChI=1S/C21H39N5O.HI/c1-6-26(7-2)18-20-12-9-8-11-19(20)17-24-21(22-3)23-13-15-25(4)14-10-16-27-5;/h8-9,11-12H,6-7,10,13-18H2,1-5H3,(H2,22,23,24);1H. The highest BCUT2D eigenvalue weighted by Crippen LogP contribution is 2.11. The molecule has 2 N–H and O–H groups in total. The van der Waals surface area contributed by atoms with Crippen molar-refractivity contribution in [3.63, 3.8) is 0 Å². The van der Waals surface area contributed by atoms with Crippen LogP contribution in [0.4, 0.5) is 0 Å². The second kappa shape index (κ2) is 17.0. The predicted molar refractivity (Wildman–Crippen MR) is 131 cm³/mol. The average Bonchev–Trinajstić information content (AvgIpc) is 2.69. The molecule has 0 aliphatic heterocycles. The molecule has 1 rings (SSSR count). The van der Waals surface area contributed by atoms with E-state index in [0.29, 0.717) is 0 Å². The lowest BCUT2D eigenvalue weighted by Crippen LogP contribution is -2.41. The van der Waals surface area contributed by atoms with E-state index in [9.17, 15) is 0 Å². The van der Waals surface area contributed by atoms with Crippen molar-refractivity contribution in [1.82, 2.24) is 20.4 Å². The summed E-state index contributed by atoms with van der Waals surface area (Å²) in [6.45, 7) is 12.0. The van der Waals surface area contributed by atoms with E-state index >= 15 is 0 Å². The SMILES string of the molecule is CCN(CC)Cc1ccccc1CNC(=NC)NCCN(C)CCCOC.I. The summed E-state index contributed by atoms with van der Waals surface area (Å²) >= 11 is 0. The second-order valence-electron chi connectivity index (χ2n) is 6.73. The molecule has 0 aliphatic carbocycles. The molecule has 1 aromatic carbocycles. The molecular weight excluding hydrogens is 465 g/mol. The first-order valence-corrected chi connectivity index (χ1v) is 10.1. The summed E-state index contributed by atoms with van der Waals surface area (Å²) in [7, 11) is 5.70. The molecule has 0 aliphatic rings.